The van der Waals surface area contributed by atoms with Crippen LogP contribution < -0.4 is 4.74 Å². The van der Waals surface area contributed by atoms with Crippen LogP contribution in [0.3, 0.4) is 0 Å². The third-order valence-electron chi connectivity index (χ3n) is 7.22. The van der Waals surface area contributed by atoms with Gasteiger partial charge in [0.1, 0.15) is 23.0 Å². The highest BCUT2D eigenvalue weighted by Gasteiger charge is 2.44. The van der Waals surface area contributed by atoms with Crippen molar-refractivity contribution in [2.75, 3.05) is 13.1 Å². The predicted octanol–water partition coefficient (Wildman–Crippen LogP) is 6.13. The molecule has 0 bridgehead atoms. The number of carbonyl (C=O) groups is 1. The zero-order chi connectivity index (χ0) is 25.1. The number of hydrogen-bond donors (Lipinski definition) is 2. The molecule has 3 aromatic carbocycles. The molecule has 5 nitrogen and oxygen atoms in total. The molecule has 4 rings (SSSR count). The number of nitrogens with zero attached hydrogens (tertiary/aromatic N) is 1. The lowest BCUT2D eigenvalue weighted by atomic mass is 9.69. The van der Waals surface area contributed by atoms with E-state index in [4.69, 9.17) is 16.3 Å². The number of carboxylic acid groups (broad SMARTS) is 1. The lowest BCUT2D eigenvalue weighted by molar-refractivity contribution is -0.142. The largest absolute Gasteiger partial charge is 0.508 e. The van der Waals surface area contributed by atoms with Gasteiger partial charge in [0.2, 0.25) is 0 Å². The maximum absolute atomic E-state index is 12.9. The summed E-state index contributed by atoms with van der Waals surface area (Å²) in [6.07, 6.45) is 1.92. The van der Waals surface area contributed by atoms with Gasteiger partial charge in [-0.2, -0.15) is 0 Å². The van der Waals surface area contributed by atoms with Crippen molar-refractivity contribution in [3.05, 3.63) is 95.0 Å². The molecule has 0 radical (unpaired) electrons. The molecule has 1 fully saturated rings. The number of aliphatic carboxylic acids is 1. The van der Waals surface area contributed by atoms with Crippen LogP contribution in [0.15, 0.2) is 78.9 Å². The molecule has 1 atom stereocenters. The molecule has 0 aliphatic carbocycles. The van der Waals surface area contributed by atoms with Crippen LogP contribution in [0.1, 0.15) is 44.2 Å². The van der Waals surface area contributed by atoms with E-state index < -0.39 is 11.4 Å². The summed E-state index contributed by atoms with van der Waals surface area (Å²) in [6, 6.07) is 23.8. The minimum Gasteiger partial charge on any atom is -0.508 e. The fraction of sp³-hybridized carbons (Fsp3) is 0.345. The highest BCUT2D eigenvalue weighted by atomic mass is 35.5. The van der Waals surface area contributed by atoms with Gasteiger partial charge < -0.3 is 14.9 Å². The molecule has 2 N–H and O–H groups in total. The summed E-state index contributed by atoms with van der Waals surface area (Å²) < 4.78 is 6.11. The summed E-state index contributed by atoms with van der Waals surface area (Å²) in [5.74, 6) is -0.243. The van der Waals surface area contributed by atoms with Crippen molar-refractivity contribution in [3.8, 4) is 11.5 Å². The molecule has 1 aliphatic rings. The second kappa shape index (κ2) is 10.3. The molecule has 35 heavy (non-hydrogen) atoms. The first kappa shape index (κ1) is 25.1. The lowest BCUT2D eigenvalue weighted by Gasteiger charge is -2.39. The van der Waals surface area contributed by atoms with Gasteiger partial charge in [0, 0.05) is 24.7 Å². The number of halogens is 1. The monoisotopic (exact) mass is 493 g/mol. The second-order valence-corrected chi connectivity index (χ2v) is 10.3. The van der Waals surface area contributed by atoms with Crippen LogP contribution in [-0.2, 0) is 10.2 Å². The van der Waals surface area contributed by atoms with Gasteiger partial charge >= 0.3 is 5.97 Å². The van der Waals surface area contributed by atoms with E-state index in [2.05, 4.69) is 18.7 Å². The summed E-state index contributed by atoms with van der Waals surface area (Å²) in [4.78, 5) is 15.3. The van der Waals surface area contributed by atoms with Crippen LogP contribution in [0, 0.1) is 0 Å². The van der Waals surface area contributed by atoms with E-state index >= 15 is 0 Å². The number of hydrogen-bond acceptors (Lipinski definition) is 4. The molecule has 3 aromatic rings. The van der Waals surface area contributed by atoms with E-state index in [-0.39, 0.29) is 17.4 Å². The molecule has 6 heteroatoms. The molecule has 1 heterocycles. The number of rotatable bonds is 9. The molecular weight excluding hydrogens is 462 g/mol. The number of likely N-dealkylation sites (tertiary alicyclic amines) is 1. The van der Waals surface area contributed by atoms with E-state index in [1.54, 1.807) is 6.07 Å². The van der Waals surface area contributed by atoms with Crippen LogP contribution in [0.25, 0.3) is 0 Å². The Labute approximate surface area is 211 Å². The smallest absolute Gasteiger partial charge is 0.318 e. The zero-order valence-corrected chi connectivity index (χ0v) is 20.9. The summed E-state index contributed by atoms with van der Waals surface area (Å²) in [5, 5.41) is 20.8. The van der Waals surface area contributed by atoms with Crippen LogP contribution in [-0.4, -0.2) is 45.8 Å². The quantitative estimate of drug-likeness (QED) is 0.375. The van der Waals surface area contributed by atoms with Crippen molar-refractivity contribution in [1.29, 1.82) is 0 Å². The first-order valence-corrected chi connectivity index (χ1v) is 12.3. The maximum Gasteiger partial charge on any atom is 0.318 e. The molecule has 0 amide bonds. The van der Waals surface area contributed by atoms with Crippen molar-refractivity contribution in [2.24, 2.45) is 0 Å². The number of phenols is 1. The second-order valence-electron chi connectivity index (χ2n) is 9.84. The SMILES string of the molecule is CC(C)(CCC(C(=O)O)(c1ccccc1)c1ccccc1)N1CC[C@H](Oc2cc(O)ccc2Cl)C1. The Morgan fingerprint density at radius 1 is 1.00 bits per heavy atom. The average Bonchev–Trinajstić information content (AvgIpc) is 3.33. The molecular formula is C29H32ClNO4. The molecule has 1 saturated heterocycles. The van der Waals surface area contributed by atoms with E-state index in [9.17, 15) is 15.0 Å². The fourth-order valence-electron chi connectivity index (χ4n) is 5.04. The van der Waals surface area contributed by atoms with Gasteiger partial charge in [-0.3, -0.25) is 9.69 Å². The van der Waals surface area contributed by atoms with Crippen molar-refractivity contribution in [3.63, 3.8) is 0 Å². The Bertz CT molecular complexity index is 1110. The Kier molecular flexibility index (Phi) is 7.39. The van der Waals surface area contributed by atoms with Crippen LogP contribution in [0.2, 0.25) is 5.02 Å². The number of benzene rings is 3. The fourth-order valence-corrected chi connectivity index (χ4v) is 5.20. The molecule has 0 aromatic heterocycles. The van der Waals surface area contributed by atoms with Gasteiger partial charge in [-0.05, 0) is 56.4 Å². The lowest BCUT2D eigenvalue weighted by Crippen LogP contribution is -2.46. The van der Waals surface area contributed by atoms with Gasteiger partial charge in [0.25, 0.3) is 0 Å². The minimum atomic E-state index is -1.13. The van der Waals surface area contributed by atoms with Gasteiger partial charge in [-0.25, -0.2) is 0 Å². The van der Waals surface area contributed by atoms with Gasteiger partial charge in [0.15, 0.2) is 0 Å². The van der Waals surface area contributed by atoms with Crippen molar-refractivity contribution >= 4 is 17.6 Å². The summed E-state index contributed by atoms with van der Waals surface area (Å²) in [6.45, 7) is 5.87. The summed E-state index contributed by atoms with van der Waals surface area (Å²) >= 11 is 6.24. The Morgan fingerprint density at radius 3 is 2.17 bits per heavy atom. The molecule has 1 aliphatic heterocycles. The number of aromatic hydroxyl groups is 1. The number of carboxylic acids is 1. The zero-order valence-electron chi connectivity index (χ0n) is 20.2. The van der Waals surface area contributed by atoms with Gasteiger partial charge in [0.05, 0.1) is 5.02 Å². The minimum absolute atomic E-state index is 0.0546. The molecule has 184 valence electrons. The normalized spacial score (nSPS) is 16.8. The maximum atomic E-state index is 12.9. The third-order valence-corrected chi connectivity index (χ3v) is 7.53. The van der Waals surface area contributed by atoms with E-state index in [0.29, 0.717) is 30.2 Å². The standard InChI is InChI=1S/C29H32ClNO4/c1-28(2,31-18-15-24(20-31)35-26-19-23(32)13-14-25(26)30)16-17-29(27(33)34,21-9-5-3-6-10-21)22-11-7-4-8-12-22/h3-14,19,24,32H,15-18,20H2,1-2H3,(H,33,34)/t24-/m0/s1. The van der Waals surface area contributed by atoms with Crippen LogP contribution in [0.5, 0.6) is 11.5 Å². The van der Waals surface area contributed by atoms with Crippen molar-refractivity contribution in [1.82, 2.24) is 4.90 Å². The Morgan fingerprint density at radius 2 is 1.60 bits per heavy atom. The Balaban J connectivity index is 1.53. The van der Waals surface area contributed by atoms with Crippen molar-refractivity contribution < 1.29 is 19.7 Å². The first-order valence-electron chi connectivity index (χ1n) is 12.0. The third kappa shape index (κ3) is 5.31. The molecule has 0 unspecified atom stereocenters. The van der Waals surface area contributed by atoms with Crippen LogP contribution in [0.4, 0.5) is 0 Å². The summed E-state index contributed by atoms with van der Waals surface area (Å²) in [7, 11) is 0. The van der Waals surface area contributed by atoms with Gasteiger partial charge in [-0.15, -0.1) is 0 Å². The molecule has 0 saturated carbocycles. The Hall–Kier alpha value is -3.02. The topological polar surface area (TPSA) is 70.0 Å². The van der Waals surface area contributed by atoms with E-state index in [0.717, 1.165) is 24.1 Å². The molecule has 0 spiro atoms. The van der Waals surface area contributed by atoms with Crippen LogP contribution >= 0.6 is 11.6 Å². The number of phenolic OH excluding ortho intramolecular Hbond substituents is 1. The first-order chi connectivity index (χ1) is 16.7. The van der Waals surface area contributed by atoms with E-state index in [1.807, 2.05) is 60.7 Å². The van der Waals surface area contributed by atoms with E-state index in [1.165, 1.54) is 12.1 Å². The highest BCUT2D eigenvalue weighted by molar-refractivity contribution is 6.32. The summed E-state index contributed by atoms with van der Waals surface area (Å²) in [5.41, 5.74) is 0.196. The van der Waals surface area contributed by atoms with Gasteiger partial charge in [-0.1, -0.05) is 72.3 Å². The van der Waals surface area contributed by atoms with Crippen molar-refractivity contribution in [2.45, 2.75) is 50.2 Å². The highest BCUT2D eigenvalue weighted by Crippen LogP contribution is 2.40. The predicted molar refractivity (Wildman–Crippen MR) is 138 cm³/mol. The number of ether oxygens (including phenoxy) is 1. The average molecular weight is 494 g/mol.